The van der Waals surface area contributed by atoms with Gasteiger partial charge in [0.1, 0.15) is 0 Å². The summed E-state index contributed by atoms with van der Waals surface area (Å²) in [5.74, 6) is 1.94. The number of nitrogens with zero attached hydrogens (tertiary/aromatic N) is 4. The molecule has 0 atom stereocenters. The van der Waals surface area contributed by atoms with Gasteiger partial charge in [-0.15, -0.1) is 11.3 Å². The van der Waals surface area contributed by atoms with Crippen LogP contribution >= 0.6 is 11.3 Å². The zero-order chi connectivity index (χ0) is 26.2. The SMILES string of the molecule is c1ccc(-c2nc(-c3ccccc3)nc(-n3c4cccc5ccc6c7c(cc3c6c54)sc3ccccc37)n2)cc1. The van der Waals surface area contributed by atoms with Gasteiger partial charge in [0.15, 0.2) is 11.6 Å². The van der Waals surface area contributed by atoms with E-state index in [1.807, 2.05) is 47.7 Å². The molecule has 0 bridgehead atoms. The molecule has 6 aromatic carbocycles. The fourth-order valence-electron chi connectivity index (χ4n) is 6.08. The van der Waals surface area contributed by atoms with Crippen molar-refractivity contribution in [2.75, 3.05) is 0 Å². The average molecular weight is 529 g/mol. The van der Waals surface area contributed by atoms with Crippen molar-refractivity contribution in [1.82, 2.24) is 19.5 Å². The molecule has 3 aromatic heterocycles. The lowest BCUT2D eigenvalue weighted by atomic mass is 9.98. The van der Waals surface area contributed by atoms with Crippen LogP contribution in [0.25, 0.3) is 81.5 Å². The summed E-state index contributed by atoms with van der Waals surface area (Å²) in [6.45, 7) is 0. The first-order chi connectivity index (χ1) is 19.8. The molecule has 0 saturated heterocycles. The summed E-state index contributed by atoms with van der Waals surface area (Å²) in [4.78, 5) is 15.1. The van der Waals surface area contributed by atoms with Crippen molar-refractivity contribution in [3.8, 4) is 28.7 Å². The second kappa shape index (κ2) is 8.18. The largest absolute Gasteiger partial charge is 0.278 e. The molecule has 40 heavy (non-hydrogen) atoms. The monoisotopic (exact) mass is 528 g/mol. The lowest BCUT2D eigenvalue weighted by Gasteiger charge is -2.11. The highest BCUT2D eigenvalue weighted by molar-refractivity contribution is 7.26. The van der Waals surface area contributed by atoms with Crippen LogP contribution in [0.2, 0.25) is 0 Å². The van der Waals surface area contributed by atoms with E-state index in [9.17, 15) is 0 Å². The molecule has 9 aromatic rings. The average Bonchev–Trinajstić information content (AvgIpc) is 3.56. The molecular formula is C35H20N4S. The summed E-state index contributed by atoms with van der Waals surface area (Å²) in [6.07, 6.45) is 0. The molecule has 0 aliphatic heterocycles. The maximum atomic E-state index is 5.10. The minimum Gasteiger partial charge on any atom is -0.278 e. The van der Waals surface area contributed by atoms with Crippen LogP contribution in [-0.4, -0.2) is 19.5 Å². The van der Waals surface area contributed by atoms with Crippen molar-refractivity contribution >= 4 is 64.1 Å². The highest BCUT2D eigenvalue weighted by Gasteiger charge is 2.22. The number of hydrogen-bond donors (Lipinski definition) is 0. The van der Waals surface area contributed by atoms with Crippen LogP contribution in [0.3, 0.4) is 0 Å². The van der Waals surface area contributed by atoms with E-state index in [4.69, 9.17) is 15.0 Å². The van der Waals surface area contributed by atoms with Crippen LogP contribution in [0.5, 0.6) is 0 Å². The summed E-state index contributed by atoms with van der Waals surface area (Å²) in [5.41, 5.74) is 4.14. The van der Waals surface area contributed by atoms with Gasteiger partial charge in [0.05, 0.1) is 11.0 Å². The Morgan fingerprint density at radius 2 is 1.18 bits per heavy atom. The Morgan fingerprint density at radius 3 is 1.93 bits per heavy atom. The number of benzene rings is 6. The Kier molecular flexibility index (Phi) is 4.45. The molecule has 0 radical (unpaired) electrons. The maximum Gasteiger partial charge on any atom is 0.238 e. The van der Waals surface area contributed by atoms with E-state index in [0.29, 0.717) is 17.6 Å². The number of fused-ring (bicyclic) bond motifs is 4. The Hall–Kier alpha value is -5.13. The van der Waals surface area contributed by atoms with Gasteiger partial charge in [-0.3, -0.25) is 4.57 Å². The van der Waals surface area contributed by atoms with Crippen molar-refractivity contribution in [3.63, 3.8) is 0 Å². The topological polar surface area (TPSA) is 43.6 Å². The second-order valence-corrected chi connectivity index (χ2v) is 11.2. The Bertz CT molecular complexity index is 2310. The first kappa shape index (κ1) is 21.8. The molecule has 5 heteroatoms. The highest BCUT2D eigenvalue weighted by atomic mass is 32.1. The molecule has 0 spiro atoms. The first-order valence-electron chi connectivity index (χ1n) is 13.3. The molecule has 3 heterocycles. The summed E-state index contributed by atoms with van der Waals surface area (Å²) >= 11 is 1.84. The van der Waals surface area contributed by atoms with E-state index < -0.39 is 0 Å². The predicted molar refractivity (Wildman–Crippen MR) is 167 cm³/mol. The Morgan fingerprint density at radius 1 is 0.475 bits per heavy atom. The number of thiophene rings is 1. The van der Waals surface area contributed by atoms with Gasteiger partial charge in [-0.1, -0.05) is 103 Å². The quantitative estimate of drug-likeness (QED) is 0.215. The Labute approximate surface area is 233 Å². The Balaban J connectivity index is 1.44. The molecule has 0 saturated carbocycles. The molecule has 0 N–H and O–H groups in total. The van der Waals surface area contributed by atoms with Crippen molar-refractivity contribution < 1.29 is 0 Å². The number of aromatic nitrogens is 4. The number of rotatable bonds is 3. The second-order valence-electron chi connectivity index (χ2n) is 10.1. The predicted octanol–water partition coefficient (Wildman–Crippen LogP) is 9.26. The third-order valence-electron chi connectivity index (χ3n) is 7.81. The molecule has 9 rings (SSSR count). The molecule has 0 aliphatic carbocycles. The molecule has 0 aliphatic rings. The normalized spacial score (nSPS) is 12.0. The van der Waals surface area contributed by atoms with Crippen molar-refractivity contribution in [2.45, 2.75) is 0 Å². The van der Waals surface area contributed by atoms with Crippen LogP contribution in [0.1, 0.15) is 0 Å². The van der Waals surface area contributed by atoms with Crippen LogP contribution in [0, 0.1) is 0 Å². The fraction of sp³-hybridized carbons (Fsp3) is 0. The molecule has 4 nitrogen and oxygen atoms in total. The van der Waals surface area contributed by atoms with Crippen LogP contribution in [-0.2, 0) is 0 Å². The zero-order valence-electron chi connectivity index (χ0n) is 21.2. The van der Waals surface area contributed by atoms with Gasteiger partial charge < -0.3 is 0 Å². The zero-order valence-corrected chi connectivity index (χ0v) is 22.1. The maximum absolute atomic E-state index is 5.10. The van der Waals surface area contributed by atoms with E-state index >= 15 is 0 Å². The lowest BCUT2D eigenvalue weighted by Crippen LogP contribution is -2.06. The summed E-state index contributed by atoms with van der Waals surface area (Å²) < 4.78 is 4.80. The van der Waals surface area contributed by atoms with Crippen molar-refractivity contribution in [3.05, 3.63) is 121 Å². The highest BCUT2D eigenvalue weighted by Crippen LogP contribution is 2.46. The molecule has 0 unspecified atom stereocenters. The molecule has 0 amide bonds. The van der Waals surface area contributed by atoms with Crippen LogP contribution in [0.15, 0.2) is 121 Å². The van der Waals surface area contributed by atoms with E-state index in [0.717, 1.165) is 22.2 Å². The van der Waals surface area contributed by atoms with Gasteiger partial charge >= 0.3 is 0 Å². The summed E-state index contributed by atoms with van der Waals surface area (Å²) in [5, 5.41) is 7.62. The van der Waals surface area contributed by atoms with Gasteiger partial charge in [-0.2, -0.15) is 9.97 Å². The molecular weight excluding hydrogens is 508 g/mol. The smallest absolute Gasteiger partial charge is 0.238 e. The fourth-order valence-corrected chi connectivity index (χ4v) is 7.24. The van der Waals surface area contributed by atoms with Gasteiger partial charge in [0, 0.05) is 42.1 Å². The van der Waals surface area contributed by atoms with Gasteiger partial charge in [-0.25, -0.2) is 4.98 Å². The third-order valence-corrected chi connectivity index (χ3v) is 8.93. The summed E-state index contributed by atoms with van der Waals surface area (Å²) in [6, 6.07) is 42.4. The van der Waals surface area contributed by atoms with Crippen LogP contribution in [0.4, 0.5) is 0 Å². The molecule has 186 valence electrons. The standard InChI is InChI=1S/C35H20N4S/c1-3-10-22(11-4-1)33-36-34(23-12-5-2-6-13-23)38-35(37-33)39-26-16-9-14-21-18-19-25-31-24-15-7-8-17-28(24)40-29(31)20-27(39)32(25)30(21)26/h1-20H. The van der Waals surface area contributed by atoms with Crippen molar-refractivity contribution in [2.24, 2.45) is 0 Å². The van der Waals surface area contributed by atoms with E-state index in [-0.39, 0.29) is 0 Å². The van der Waals surface area contributed by atoms with E-state index in [2.05, 4.69) is 89.5 Å². The minimum atomic E-state index is 0.623. The number of hydrogen-bond acceptors (Lipinski definition) is 4. The first-order valence-corrected chi connectivity index (χ1v) is 14.1. The third kappa shape index (κ3) is 3.04. The van der Waals surface area contributed by atoms with Gasteiger partial charge in [0.25, 0.3) is 0 Å². The van der Waals surface area contributed by atoms with Crippen LogP contribution < -0.4 is 0 Å². The van der Waals surface area contributed by atoms with Crippen molar-refractivity contribution in [1.29, 1.82) is 0 Å². The lowest BCUT2D eigenvalue weighted by molar-refractivity contribution is 0.954. The van der Waals surface area contributed by atoms with E-state index in [1.165, 1.54) is 41.7 Å². The van der Waals surface area contributed by atoms with Gasteiger partial charge in [-0.05, 0) is 29.0 Å². The molecule has 0 fully saturated rings. The van der Waals surface area contributed by atoms with Gasteiger partial charge in [0.2, 0.25) is 5.95 Å². The minimum absolute atomic E-state index is 0.623. The van der Waals surface area contributed by atoms with E-state index in [1.54, 1.807) is 0 Å². The summed E-state index contributed by atoms with van der Waals surface area (Å²) in [7, 11) is 0.